The first-order chi connectivity index (χ1) is 16.4. The van der Waals surface area contributed by atoms with Crippen molar-refractivity contribution in [2.45, 2.75) is 20.3 Å². The molecule has 2 heterocycles. The number of aryl methyl sites for hydroxylation is 3. The van der Waals surface area contributed by atoms with Gasteiger partial charge in [0.1, 0.15) is 28.5 Å². The fourth-order valence-corrected chi connectivity index (χ4v) is 4.37. The molecule has 3 aromatic carbocycles. The first kappa shape index (κ1) is 21.9. The molecular weight excluding hydrogens is 452 g/mol. The molecule has 0 aliphatic rings. The molecule has 0 N–H and O–H groups in total. The van der Waals surface area contributed by atoms with Gasteiger partial charge in [0.25, 0.3) is 0 Å². The Morgan fingerprint density at radius 1 is 1.12 bits per heavy atom. The highest BCUT2D eigenvalue weighted by Gasteiger charge is 2.21. The Morgan fingerprint density at radius 2 is 1.85 bits per heavy atom. The number of para-hydroxylation sites is 2. The van der Waals surface area contributed by atoms with Crippen molar-refractivity contribution in [2.75, 3.05) is 0 Å². The van der Waals surface area contributed by atoms with Gasteiger partial charge in [0, 0.05) is 13.1 Å². The molecular formula is C27H21ClN2O4. The van der Waals surface area contributed by atoms with E-state index >= 15 is 0 Å². The summed E-state index contributed by atoms with van der Waals surface area (Å²) in [5.41, 5.74) is 3.26. The molecule has 0 radical (unpaired) electrons. The Morgan fingerprint density at radius 3 is 2.59 bits per heavy atom. The van der Waals surface area contributed by atoms with Gasteiger partial charge in [0.15, 0.2) is 0 Å². The van der Waals surface area contributed by atoms with E-state index in [1.807, 2.05) is 42.8 Å². The van der Waals surface area contributed by atoms with Crippen LogP contribution in [0, 0.1) is 6.92 Å². The molecule has 5 rings (SSSR count). The molecule has 0 bridgehead atoms. The van der Waals surface area contributed by atoms with Crippen LogP contribution in [0.2, 0.25) is 5.02 Å². The molecule has 0 aliphatic heterocycles. The normalized spacial score (nSPS) is 11.3. The van der Waals surface area contributed by atoms with Gasteiger partial charge in [-0.1, -0.05) is 42.8 Å². The Balaban J connectivity index is 1.65. The van der Waals surface area contributed by atoms with Crippen LogP contribution in [0.3, 0.4) is 0 Å². The van der Waals surface area contributed by atoms with Crippen molar-refractivity contribution < 1.29 is 13.9 Å². The fourth-order valence-electron chi connectivity index (χ4n) is 4.16. The van der Waals surface area contributed by atoms with E-state index in [4.69, 9.17) is 20.8 Å². The second-order valence-electron chi connectivity index (χ2n) is 8.02. The minimum absolute atomic E-state index is 0.184. The van der Waals surface area contributed by atoms with E-state index < -0.39 is 5.97 Å². The van der Waals surface area contributed by atoms with Gasteiger partial charge in [0.2, 0.25) is 5.43 Å². The summed E-state index contributed by atoms with van der Waals surface area (Å²) in [5.74, 6) is 0.734. The third-order valence-electron chi connectivity index (χ3n) is 5.94. The van der Waals surface area contributed by atoms with Crippen LogP contribution in [0.1, 0.15) is 28.6 Å². The molecule has 0 fully saturated rings. The molecule has 0 saturated carbocycles. The van der Waals surface area contributed by atoms with E-state index in [1.165, 1.54) is 0 Å². The number of benzene rings is 3. The number of hydrogen-bond acceptors (Lipinski definition) is 5. The van der Waals surface area contributed by atoms with Crippen molar-refractivity contribution in [1.29, 1.82) is 0 Å². The van der Waals surface area contributed by atoms with Crippen molar-refractivity contribution in [3.05, 3.63) is 92.8 Å². The SMILES string of the molecule is CCc1cc2c(=O)c(-c3nc4ccccc4n3C)c(C)oc2cc1OC(=O)c1ccccc1Cl. The van der Waals surface area contributed by atoms with Crippen molar-refractivity contribution in [3.63, 3.8) is 0 Å². The van der Waals surface area contributed by atoms with Gasteiger partial charge in [-0.05, 0) is 49.2 Å². The summed E-state index contributed by atoms with van der Waals surface area (Å²) < 4.78 is 13.6. The Labute approximate surface area is 200 Å². The molecule has 170 valence electrons. The number of carbonyl (C=O) groups is 1. The Hall–Kier alpha value is -3.90. The molecule has 0 amide bonds. The van der Waals surface area contributed by atoms with Crippen molar-refractivity contribution in [2.24, 2.45) is 7.05 Å². The summed E-state index contributed by atoms with van der Waals surface area (Å²) in [5, 5.41) is 0.711. The second-order valence-corrected chi connectivity index (χ2v) is 8.43. The third-order valence-corrected chi connectivity index (χ3v) is 6.27. The maximum Gasteiger partial charge on any atom is 0.345 e. The minimum Gasteiger partial charge on any atom is -0.460 e. The Bertz CT molecular complexity index is 1650. The quantitative estimate of drug-likeness (QED) is 0.234. The van der Waals surface area contributed by atoms with Crippen LogP contribution >= 0.6 is 11.6 Å². The summed E-state index contributed by atoms with van der Waals surface area (Å²) in [7, 11) is 1.88. The van der Waals surface area contributed by atoms with Crippen LogP contribution in [0.15, 0.2) is 69.9 Å². The first-order valence-electron chi connectivity index (χ1n) is 10.9. The average molecular weight is 473 g/mol. The number of aromatic nitrogens is 2. The molecule has 6 nitrogen and oxygen atoms in total. The van der Waals surface area contributed by atoms with E-state index in [0.29, 0.717) is 50.9 Å². The predicted octanol–water partition coefficient (Wildman–Crippen LogP) is 6.09. The van der Waals surface area contributed by atoms with E-state index in [0.717, 1.165) is 11.0 Å². The number of nitrogens with zero attached hydrogens (tertiary/aromatic N) is 2. The summed E-state index contributed by atoms with van der Waals surface area (Å²) in [6.45, 7) is 3.66. The minimum atomic E-state index is -0.574. The van der Waals surface area contributed by atoms with Gasteiger partial charge in [-0.3, -0.25) is 4.79 Å². The summed E-state index contributed by atoms with van der Waals surface area (Å²) in [4.78, 5) is 31.0. The van der Waals surface area contributed by atoms with Crippen LogP contribution in [0.25, 0.3) is 33.4 Å². The second kappa shape index (κ2) is 8.47. The zero-order valence-electron chi connectivity index (χ0n) is 18.9. The molecule has 0 saturated heterocycles. The maximum absolute atomic E-state index is 13.6. The number of hydrogen-bond donors (Lipinski definition) is 0. The van der Waals surface area contributed by atoms with Gasteiger partial charge >= 0.3 is 5.97 Å². The fraction of sp³-hybridized carbons (Fsp3) is 0.148. The molecule has 34 heavy (non-hydrogen) atoms. The number of carbonyl (C=O) groups excluding carboxylic acids is 1. The molecule has 0 aliphatic carbocycles. The van der Waals surface area contributed by atoms with Crippen molar-refractivity contribution >= 4 is 39.6 Å². The zero-order chi connectivity index (χ0) is 24.0. The van der Waals surface area contributed by atoms with Gasteiger partial charge in [-0.2, -0.15) is 0 Å². The lowest BCUT2D eigenvalue weighted by atomic mass is 10.0. The van der Waals surface area contributed by atoms with E-state index in [-0.39, 0.29) is 11.0 Å². The lowest BCUT2D eigenvalue weighted by Gasteiger charge is -2.12. The predicted molar refractivity (Wildman–Crippen MR) is 133 cm³/mol. The Kier molecular flexibility index (Phi) is 5.46. The van der Waals surface area contributed by atoms with Gasteiger partial charge in [-0.25, -0.2) is 9.78 Å². The third kappa shape index (κ3) is 3.56. The lowest BCUT2D eigenvalue weighted by molar-refractivity contribution is 0.0733. The molecule has 0 unspecified atom stereocenters. The van der Waals surface area contributed by atoms with Crippen LogP contribution in [-0.2, 0) is 13.5 Å². The maximum atomic E-state index is 13.6. The number of ether oxygens (including phenoxy) is 1. The number of rotatable bonds is 4. The molecule has 2 aromatic heterocycles. The first-order valence-corrected chi connectivity index (χ1v) is 11.3. The summed E-state index contributed by atoms with van der Waals surface area (Å²) in [6, 6.07) is 17.7. The zero-order valence-corrected chi connectivity index (χ0v) is 19.6. The van der Waals surface area contributed by atoms with E-state index in [9.17, 15) is 9.59 Å². The highest BCUT2D eigenvalue weighted by atomic mass is 35.5. The standard InChI is InChI=1S/C27H21ClN2O4/c1-4-16-13-18-23(14-22(16)34-27(32)17-9-5-6-10-19(17)28)33-15(2)24(25(18)31)26-29-20-11-7-8-12-21(20)30(26)3/h5-14H,4H2,1-3H3. The molecule has 0 spiro atoms. The smallest absolute Gasteiger partial charge is 0.345 e. The topological polar surface area (TPSA) is 74.3 Å². The van der Waals surface area contributed by atoms with E-state index in [2.05, 4.69) is 4.98 Å². The van der Waals surface area contributed by atoms with E-state index in [1.54, 1.807) is 43.3 Å². The van der Waals surface area contributed by atoms with Crippen LogP contribution in [0.4, 0.5) is 0 Å². The monoisotopic (exact) mass is 472 g/mol. The van der Waals surface area contributed by atoms with Crippen LogP contribution in [0.5, 0.6) is 5.75 Å². The highest BCUT2D eigenvalue weighted by Crippen LogP contribution is 2.31. The van der Waals surface area contributed by atoms with Crippen molar-refractivity contribution in [3.8, 4) is 17.1 Å². The highest BCUT2D eigenvalue weighted by molar-refractivity contribution is 6.33. The number of imidazole rings is 1. The number of esters is 1. The summed E-state index contributed by atoms with van der Waals surface area (Å²) >= 11 is 6.14. The summed E-state index contributed by atoms with van der Waals surface area (Å²) in [6.07, 6.45) is 0.552. The van der Waals surface area contributed by atoms with Crippen LogP contribution < -0.4 is 10.2 Å². The molecule has 5 aromatic rings. The van der Waals surface area contributed by atoms with Gasteiger partial charge in [-0.15, -0.1) is 0 Å². The average Bonchev–Trinajstić information content (AvgIpc) is 3.15. The number of fused-ring (bicyclic) bond motifs is 2. The molecule has 0 atom stereocenters. The number of halogens is 1. The van der Waals surface area contributed by atoms with Gasteiger partial charge in [0.05, 0.1) is 27.0 Å². The van der Waals surface area contributed by atoms with Crippen LogP contribution in [-0.4, -0.2) is 15.5 Å². The van der Waals surface area contributed by atoms with Crippen molar-refractivity contribution in [1.82, 2.24) is 9.55 Å². The molecule has 7 heteroatoms. The van der Waals surface area contributed by atoms with Gasteiger partial charge < -0.3 is 13.7 Å². The largest absolute Gasteiger partial charge is 0.460 e. The lowest BCUT2D eigenvalue weighted by Crippen LogP contribution is -2.13.